The highest BCUT2D eigenvalue weighted by atomic mass is 16.7. The highest BCUT2D eigenvalue weighted by molar-refractivity contribution is 5.45. The van der Waals surface area contributed by atoms with Crippen LogP contribution in [-0.2, 0) is 9.47 Å². The molecule has 1 aromatic rings. The van der Waals surface area contributed by atoms with Gasteiger partial charge < -0.3 is 15.2 Å². The topological polar surface area (TPSA) is 57.4 Å². The largest absolute Gasteiger partial charge is 0.398 e. The molecule has 0 amide bonds. The smallest absolute Gasteiger partial charge is 0.187 e. The first-order valence-electron chi connectivity index (χ1n) is 3.80. The first kappa shape index (κ1) is 7.52. The zero-order chi connectivity index (χ0) is 8.39. The summed E-state index contributed by atoms with van der Waals surface area (Å²) in [5.74, 6) is 0. The molecule has 4 nitrogen and oxygen atoms in total. The highest BCUT2D eigenvalue weighted by Gasteiger charge is 2.20. The number of nitrogens with two attached hydrogens (primary N) is 1. The zero-order valence-electron chi connectivity index (χ0n) is 6.56. The van der Waals surface area contributed by atoms with Gasteiger partial charge in [-0.15, -0.1) is 0 Å². The maximum absolute atomic E-state index is 5.70. The summed E-state index contributed by atoms with van der Waals surface area (Å²) in [7, 11) is 0. The van der Waals surface area contributed by atoms with E-state index in [0.717, 1.165) is 5.56 Å². The van der Waals surface area contributed by atoms with Gasteiger partial charge in [-0.25, -0.2) is 0 Å². The molecule has 1 saturated heterocycles. The van der Waals surface area contributed by atoms with Crippen molar-refractivity contribution in [2.45, 2.75) is 6.29 Å². The van der Waals surface area contributed by atoms with Gasteiger partial charge in [0.25, 0.3) is 0 Å². The lowest BCUT2D eigenvalue weighted by molar-refractivity contribution is -0.0437. The summed E-state index contributed by atoms with van der Waals surface area (Å²) in [5.41, 5.74) is 7.18. The minimum absolute atomic E-state index is 0.321. The third-order valence-electron chi connectivity index (χ3n) is 1.76. The van der Waals surface area contributed by atoms with Crippen LogP contribution in [0, 0.1) is 0 Å². The summed E-state index contributed by atoms with van der Waals surface area (Å²) in [6, 6.07) is 1.74. The summed E-state index contributed by atoms with van der Waals surface area (Å²) >= 11 is 0. The first-order valence-corrected chi connectivity index (χ1v) is 3.80. The Kier molecular flexibility index (Phi) is 1.93. The molecule has 1 aliphatic heterocycles. The van der Waals surface area contributed by atoms with Crippen molar-refractivity contribution in [3.8, 4) is 0 Å². The zero-order valence-corrected chi connectivity index (χ0v) is 6.56. The van der Waals surface area contributed by atoms with Gasteiger partial charge in [0.05, 0.1) is 13.2 Å². The molecule has 12 heavy (non-hydrogen) atoms. The van der Waals surface area contributed by atoms with Gasteiger partial charge in [-0.3, -0.25) is 4.98 Å². The average molecular weight is 166 g/mol. The normalized spacial score (nSPS) is 18.3. The van der Waals surface area contributed by atoms with Gasteiger partial charge >= 0.3 is 0 Å². The van der Waals surface area contributed by atoms with Gasteiger partial charge in [0.2, 0.25) is 0 Å². The summed E-state index contributed by atoms with van der Waals surface area (Å²) in [5, 5.41) is 0. The van der Waals surface area contributed by atoms with Crippen LogP contribution in [0.5, 0.6) is 0 Å². The van der Waals surface area contributed by atoms with Crippen molar-refractivity contribution in [3.63, 3.8) is 0 Å². The molecular formula is C8H10N2O2. The Morgan fingerprint density at radius 2 is 2.17 bits per heavy atom. The number of rotatable bonds is 1. The number of hydrogen-bond donors (Lipinski definition) is 1. The third kappa shape index (κ3) is 1.26. The second-order valence-electron chi connectivity index (χ2n) is 2.58. The molecular weight excluding hydrogens is 156 g/mol. The summed E-state index contributed by atoms with van der Waals surface area (Å²) in [6.07, 6.45) is 3.00. The van der Waals surface area contributed by atoms with Crippen LogP contribution in [0.15, 0.2) is 18.5 Å². The lowest BCUT2D eigenvalue weighted by Crippen LogP contribution is -2.03. The van der Waals surface area contributed by atoms with Crippen LogP contribution in [0.1, 0.15) is 11.9 Å². The fourth-order valence-electron chi connectivity index (χ4n) is 1.15. The Bertz CT molecular complexity index is 272. The van der Waals surface area contributed by atoms with E-state index in [0.29, 0.717) is 18.9 Å². The van der Waals surface area contributed by atoms with Crippen LogP contribution in [0.4, 0.5) is 5.69 Å². The summed E-state index contributed by atoms with van der Waals surface area (Å²) in [4.78, 5) is 3.95. The SMILES string of the molecule is Nc1ccncc1C1OCCO1. The molecule has 2 heterocycles. The predicted octanol–water partition coefficient (Wildman–Crippen LogP) is 0.709. The van der Waals surface area contributed by atoms with E-state index in [1.807, 2.05) is 0 Å². The summed E-state index contributed by atoms with van der Waals surface area (Å²) < 4.78 is 10.6. The van der Waals surface area contributed by atoms with Crippen LogP contribution in [0.2, 0.25) is 0 Å². The van der Waals surface area contributed by atoms with E-state index >= 15 is 0 Å². The van der Waals surface area contributed by atoms with Gasteiger partial charge in [-0.1, -0.05) is 0 Å². The van der Waals surface area contributed by atoms with Crippen molar-refractivity contribution in [2.75, 3.05) is 18.9 Å². The molecule has 64 valence electrons. The number of anilines is 1. The molecule has 0 radical (unpaired) electrons. The maximum atomic E-state index is 5.70. The van der Waals surface area contributed by atoms with E-state index in [-0.39, 0.29) is 6.29 Å². The number of aromatic nitrogens is 1. The Balaban J connectivity index is 2.26. The van der Waals surface area contributed by atoms with E-state index in [2.05, 4.69) is 4.98 Å². The van der Waals surface area contributed by atoms with Crippen molar-refractivity contribution >= 4 is 5.69 Å². The number of nitrogens with zero attached hydrogens (tertiary/aromatic N) is 1. The molecule has 1 aliphatic rings. The molecule has 0 unspecified atom stereocenters. The van der Waals surface area contributed by atoms with Gasteiger partial charge in [0, 0.05) is 23.6 Å². The molecule has 1 aromatic heterocycles. The Labute approximate surface area is 70.3 Å². The second-order valence-corrected chi connectivity index (χ2v) is 2.58. The van der Waals surface area contributed by atoms with Crippen molar-refractivity contribution in [1.82, 2.24) is 4.98 Å². The summed E-state index contributed by atoms with van der Waals surface area (Å²) in [6.45, 7) is 1.25. The van der Waals surface area contributed by atoms with Crippen molar-refractivity contribution in [1.29, 1.82) is 0 Å². The molecule has 0 bridgehead atoms. The molecule has 2 rings (SSSR count). The van der Waals surface area contributed by atoms with E-state index in [9.17, 15) is 0 Å². The second kappa shape index (κ2) is 3.08. The van der Waals surface area contributed by atoms with Crippen LogP contribution in [-0.4, -0.2) is 18.2 Å². The highest BCUT2D eigenvalue weighted by Crippen LogP contribution is 2.26. The third-order valence-corrected chi connectivity index (χ3v) is 1.76. The number of hydrogen-bond acceptors (Lipinski definition) is 4. The Morgan fingerprint density at radius 3 is 2.83 bits per heavy atom. The monoisotopic (exact) mass is 166 g/mol. The minimum Gasteiger partial charge on any atom is -0.398 e. The standard InChI is InChI=1S/C8H10N2O2/c9-7-1-2-10-5-6(7)8-11-3-4-12-8/h1-2,5,8H,3-4H2,(H2,9,10). The number of pyridine rings is 1. The lowest BCUT2D eigenvalue weighted by Gasteiger charge is -2.10. The van der Waals surface area contributed by atoms with Crippen molar-refractivity contribution in [3.05, 3.63) is 24.0 Å². The van der Waals surface area contributed by atoms with E-state index in [1.54, 1.807) is 18.5 Å². The van der Waals surface area contributed by atoms with Gasteiger partial charge in [-0.2, -0.15) is 0 Å². The van der Waals surface area contributed by atoms with Gasteiger partial charge in [-0.05, 0) is 6.07 Å². The molecule has 1 fully saturated rings. The molecule has 0 atom stereocenters. The van der Waals surface area contributed by atoms with Gasteiger partial charge in [0.1, 0.15) is 0 Å². The van der Waals surface area contributed by atoms with E-state index in [4.69, 9.17) is 15.2 Å². The first-order chi connectivity index (χ1) is 5.88. The van der Waals surface area contributed by atoms with Gasteiger partial charge in [0.15, 0.2) is 6.29 Å². The quantitative estimate of drug-likeness (QED) is 0.667. The van der Waals surface area contributed by atoms with Crippen molar-refractivity contribution in [2.24, 2.45) is 0 Å². The van der Waals surface area contributed by atoms with Crippen molar-refractivity contribution < 1.29 is 9.47 Å². The minimum atomic E-state index is -0.321. The molecule has 0 spiro atoms. The van der Waals surface area contributed by atoms with Crippen LogP contribution in [0.25, 0.3) is 0 Å². The number of nitrogen functional groups attached to an aromatic ring is 1. The molecule has 2 N–H and O–H groups in total. The van der Waals surface area contributed by atoms with Crippen LogP contribution >= 0.6 is 0 Å². The number of ether oxygens (including phenoxy) is 2. The van der Waals surface area contributed by atoms with E-state index in [1.165, 1.54) is 0 Å². The van der Waals surface area contributed by atoms with Crippen LogP contribution in [0.3, 0.4) is 0 Å². The fraction of sp³-hybridized carbons (Fsp3) is 0.375. The molecule has 0 saturated carbocycles. The maximum Gasteiger partial charge on any atom is 0.187 e. The Morgan fingerprint density at radius 1 is 1.42 bits per heavy atom. The Hall–Kier alpha value is -1.13. The van der Waals surface area contributed by atoms with E-state index < -0.39 is 0 Å². The molecule has 0 aromatic carbocycles. The predicted molar refractivity (Wildman–Crippen MR) is 43.3 cm³/mol. The fourth-order valence-corrected chi connectivity index (χ4v) is 1.15. The lowest BCUT2D eigenvalue weighted by atomic mass is 10.2. The molecule has 4 heteroatoms. The average Bonchev–Trinajstić information content (AvgIpc) is 2.57. The molecule has 0 aliphatic carbocycles. The van der Waals surface area contributed by atoms with Crippen LogP contribution < -0.4 is 5.73 Å².